The van der Waals surface area contributed by atoms with Gasteiger partial charge in [-0.1, -0.05) is 51.4 Å². The molecule has 2 aliphatic carbocycles. The number of rotatable bonds is 13. The van der Waals surface area contributed by atoms with Crippen LogP contribution in [0.25, 0.3) is 0 Å². The normalized spacial score (nSPS) is 17.0. The van der Waals surface area contributed by atoms with Crippen LogP contribution in [0.5, 0.6) is 0 Å². The molecule has 11 heteroatoms. The lowest BCUT2D eigenvalue weighted by Crippen LogP contribution is -2.31. The van der Waals surface area contributed by atoms with Crippen LogP contribution in [0, 0.1) is 5.92 Å². The van der Waals surface area contributed by atoms with Crippen LogP contribution in [0.1, 0.15) is 82.9 Å². The van der Waals surface area contributed by atoms with Crippen molar-refractivity contribution in [2.45, 2.75) is 89.5 Å². The number of nitrogens with two attached hydrogens (primary N) is 4. The molecule has 0 unspecified atom stereocenters. The van der Waals surface area contributed by atoms with Crippen molar-refractivity contribution in [1.82, 2.24) is 15.0 Å². The van der Waals surface area contributed by atoms with Gasteiger partial charge in [-0.2, -0.15) is 15.0 Å². The summed E-state index contributed by atoms with van der Waals surface area (Å²) in [4.78, 5) is 25.1. The lowest BCUT2D eigenvalue weighted by molar-refractivity contribution is 0.351. The molecule has 1 heterocycles. The molecule has 2 fully saturated rings. The summed E-state index contributed by atoms with van der Waals surface area (Å²) in [7, 11) is 0. The van der Waals surface area contributed by atoms with Gasteiger partial charge in [-0.3, -0.25) is 9.98 Å². The number of nitrogens with one attached hydrogen (secondary N) is 1. The second-order valence-corrected chi connectivity index (χ2v) is 9.87. The molecular weight excluding hydrogens is 442 g/mol. The maximum Gasteiger partial charge on any atom is 0.230 e. The second kappa shape index (κ2) is 14.5. The monoisotopic (exact) mass is 487 g/mol. The number of aromatic nitrogens is 3. The van der Waals surface area contributed by atoms with Gasteiger partial charge in [0.2, 0.25) is 11.9 Å². The fourth-order valence-corrected chi connectivity index (χ4v) is 5.03. The van der Waals surface area contributed by atoms with E-state index in [2.05, 4.69) is 20.2 Å². The maximum atomic E-state index is 5.50. The van der Waals surface area contributed by atoms with E-state index in [0.29, 0.717) is 36.9 Å². The van der Waals surface area contributed by atoms with Crippen LogP contribution < -0.4 is 33.2 Å². The lowest BCUT2D eigenvalue weighted by Gasteiger charge is -2.26. The minimum absolute atomic E-state index is 0.109. The molecular formula is C24H45N11. The Kier molecular flexibility index (Phi) is 11.1. The lowest BCUT2D eigenvalue weighted by atomic mass is 9.87. The van der Waals surface area contributed by atoms with Gasteiger partial charge in [0.25, 0.3) is 0 Å². The van der Waals surface area contributed by atoms with E-state index in [9.17, 15) is 0 Å². The van der Waals surface area contributed by atoms with Crippen LogP contribution in [-0.2, 0) is 6.42 Å². The Bertz CT molecular complexity index is 743. The highest BCUT2D eigenvalue weighted by Gasteiger charge is 2.20. The number of aliphatic imine (C=N–C) groups is 2. The fraction of sp³-hybridized carbons (Fsp3) is 0.792. The molecule has 2 saturated carbocycles. The summed E-state index contributed by atoms with van der Waals surface area (Å²) in [5.41, 5.74) is 22.0. The Hall–Kier alpha value is -2.85. The molecule has 196 valence electrons. The van der Waals surface area contributed by atoms with Gasteiger partial charge < -0.3 is 33.2 Å². The Balaban J connectivity index is 1.78. The summed E-state index contributed by atoms with van der Waals surface area (Å²) >= 11 is 0. The van der Waals surface area contributed by atoms with Crippen molar-refractivity contribution in [3.8, 4) is 0 Å². The minimum Gasteiger partial charge on any atom is -0.370 e. The van der Waals surface area contributed by atoms with Crippen molar-refractivity contribution in [2.75, 3.05) is 36.4 Å². The largest absolute Gasteiger partial charge is 0.370 e. The van der Waals surface area contributed by atoms with E-state index < -0.39 is 0 Å². The summed E-state index contributed by atoms with van der Waals surface area (Å²) in [6.45, 7) is 2.57. The zero-order valence-electron chi connectivity index (χ0n) is 21.2. The third-order valence-corrected chi connectivity index (χ3v) is 6.85. The van der Waals surface area contributed by atoms with Crippen molar-refractivity contribution in [3.05, 3.63) is 5.82 Å². The first kappa shape index (κ1) is 26.7. The smallest absolute Gasteiger partial charge is 0.230 e. The first-order valence-electron chi connectivity index (χ1n) is 13.4. The van der Waals surface area contributed by atoms with Crippen LogP contribution >= 0.6 is 0 Å². The summed E-state index contributed by atoms with van der Waals surface area (Å²) in [6.07, 6.45) is 15.1. The number of anilines is 2. The van der Waals surface area contributed by atoms with Crippen molar-refractivity contribution in [2.24, 2.45) is 38.8 Å². The highest BCUT2D eigenvalue weighted by atomic mass is 15.3. The van der Waals surface area contributed by atoms with Crippen molar-refractivity contribution < 1.29 is 0 Å². The van der Waals surface area contributed by atoms with E-state index in [0.717, 1.165) is 38.2 Å². The Labute approximate surface area is 209 Å². The maximum absolute atomic E-state index is 5.50. The zero-order valence-corrected chi connectivity index (χ0v) is 21.2. The Morgan fingerprint density at radius 1 is 0.771 bits per heavy atom. The summed E-state index contributed by atoms with van der Waals surface area (Å²) in [5, 5.41) is 3.62. The summed E-state index contributed by atoms with van der Waals surface area (Å²) in [6, 6.07) is 0.429. The number of guanidine groups is 2. The van der Waals surface area contributed by atoms with Gasteiger partial charge in [-0.15, -0.1) is 0 Å². The van der Waals surface area contributed by atoms with E-state index in [-0.39, 0.29) is 11.9 Å². The molecule has 0 radical (unpaired) electrons. The zero-order chi connectivity index (χ0) is 24.9. The molecule has 1 aromatic heterocycles. The van der Waals surface area contributed by atoms with E-state index >= 15 is 0 Å². The first-order valence-corrected chi connectivity index (χ1v) is 13.4. The molecule has 9 N–H and O–H groups in total. The molecule has 0 bridgehead atoms. The van der Waals surface area contributed by atoms with Gasteiger partial charge >= 0.3 is 0 Å². The van der Waals surface area contributed by atoms with Crippen molar-refractivity contribution >= 4 is 23.8 Å². The van der Waals surface area contributed by atoms with E-state index in [1.54, 1.807) is 0 Å². The minimum atomic E-state index is 0.109. The predicted octanol–water partition coefficient (Wildman–Crippen LogP) is 1.87. The van der Waals surface area contributed by atoms with Gasteiger partial charge in [-0.05, 0) is 31.6 Å². The van der Waals surface area contributed by atoms with Crippen LogP contribution in [0.2, 0.25) is 0 Å². The van der Waals surface area contributed by atoms with E-state index in [4.69, 9.17) is 37.9 Å². The summed E-state index contributed by atoms with van der Waals surface area (Å²) < 4.78 is 0. The third-order valence-electron chi connectivity index (χ3n) is 6.85. The van der Waals surface area contributed by atoms with Crippen LogP contribution in [0.4, 0.5) is 11.9 Å². The van der Waals surface area contributed by atoms with Crippen molar-refractivity contribution in [3.63, 3.8) is 0 Å². The molecule has 0 amide bonds. The van der Waals surface area contributed by atoms with E-state index in [1.807, 2.05) is 0 Å². The van der Waals surface area contributed by atoms with Crippen LogP contribution in [-0.4, -0.2) is 59.1 Å². The molecule has 0 atom stereocenters. The number of nitrogens with zero attached hydrogens (tertiary/aromatic N) is 6. The topological polar surface area (TPSA) is 183 Å². The molecule has 0 aromatic carbocycles. The molecule has 35 heavy (non-hydrogen) atoms. The number of hydrogen-bond donors (Lipinski definition) is 5. The second-order valence-electron chi connectivity index (χ2n) is 9.87. The Morgan fingerprint density at radius 2 is 1.34 bits per heavy atom. The fourth-order valence-electron chi connectivity index (χ4n) is 5.03. The Morgan fingerprint density at radius 3 is 1.91 bits per heavy atom. The molecule has 0 aliphatic heterocycles. The van der Waals surface area contributed by atoms with E-state index in [1.165, 1.54) is 64.2 Å². The van der Waals surface area contributed by atoms with Gasteiger partial charge in [0.1, 0.15) is 5.82 Å². The van der Waals surface area contributed by atoms with Gasteiger partial charge in [0, 0.05) is 38.6 Å². The highest BCUT2D eigenvalue weighted by Crippen LogP contribution is 2.27. The number of hydrogen-bond acceptors (Lipinski definition) is 7. The molecule has 0 saturated heterocycles. The quantitative estimate of drug-likeness (QED) is 0.157. The SMILES string of the molecule is NC(N)=NCCCN(CCCN=C(N)N)c1nc(CC2CCCCC2)nc(NC2CCCCC2)n1. The van der Waals surface area contributed by atoms with Gasteiger partial charge in [-0.25, -0.2) is 0 Å². The first-order chi connectivity index (χ1) is 17.0. The average molecular weight is 488 g/mol. The molecule has 11 nitrogen and oxygen atoms in total. The highest BCUT2D eigenvalue weighted by molar-refractivity contribution is 5.75. The molecule has 1 aromatic rings. The molecule has 3 rings (SSSR count). The molecule has 0 spiro atoms. The average Bonchev–Trinajstić information content (AvgIpc) is 2.84. The summed E-state index contributed by atoms with van der Waals surface area (Å²) in [5.74, 6) is 3.17. The van der Waals surface area contributed by atoms with Gasteiger partial charge in [0.05, 0.1) is 0 Å². The standard InChI is InChI=1S/C24H45N11/c25-21(26)29-13-7-15-35(16-8-14-30-22(27)28)24-33-20(17-18-9-3-1-4-10-18)32-23(34-24)31-19-11-5-2-6-12-19/h18-19H,1-17H2,(H4,25,26,29)(H4,27,28,30)(H,31,32,33,34). The van der Waals surface area contributed by atoms with Crippen molar-refractivity contribution in [1.29, 1.82) is 0 Å². The third kappa shape index (κ3) is 10.1. The van der Waals surface area contributed by atoms with Gasteiger partial charge in [0.15, 0.2) is 11.9 Å². The van der Waals surface area contributed by atoms with Crippen LogP contribution in [0.15, 0.2) is 9.98 Å². The molecule has 2 aliphatic rings. The predicted molar refractivity (Wildman–Crippen MR) is 143 cm³/mol. The van der Waals surface area contributed by atoms with Crippen LogP contribution in [0.3, 0.4) is 0 Å².